The molecule has 0 heterocycles. The van der Waals surface area contributed by atoms with Crippen LogP contribution in [-0.2, 0) is 14.2 Å². The maximum atomic E-state index is 14.4. The zero-order valence-corrected chi connectivity index (χ0v) is 16.5. The highest BCUT2D eigenvalue weighted by Crippen LogP contribution is 2.56. The smallest absolute Gasteiger partial charge is 0.189 e. The first-order chi connectivity index (χ1) is 12.6. The molecule has 1 saturated carbocycles. The van der Waals surface area contributed by atoms with Crippen LogP contribution in [0.15, 0.2) is 60.7 Å². The van der Waals surface area contributed by atoms with Gasteiger partial charge >= 0.3 is 0 Å². The summed E-state index contributed by atoms with van der Waals surface area (Å²) < 4.78 is 14.4. The lowest BCUT2D eigenvalue weighted by Crippen LogP contribution is -2.33. The van der Waals surface area contributed by atoms with Crippen LogP contribution in [0.2, 0.25) is 0 Å². The van der Waals surface area contributed by atoms with Gasteiger partial charge in [0.05, 0.1) is 5.66 Å². The van der Waals surface area contributed by atoms with Crippen LogP contribution >= 0.6 is 18.9 Å². The average Bonchev–Trinajstić information content (AvgIpc) is 3.03. The summed E-state index contributed by atoms with van der Waals surface area (Å²) in [6, 6.07) is 18.6. The van der Waals surface area contributed by atoms with Gasteiger partial charge in [0.1, 0.15) is 5.78 Å². The van der Waals surface area contributed by atoms with Gasteiger partial charge in [-0.25, -0.2) is 0 Å². The highest BCUT2D eigenvalue weighted by atomic mass is 32.2. The molecule has 26 heavy (non-hydrogen) atoms. The fraction of sp³-hybridized carbons (Fsp3) is 0.333. The standard InChI is InChI=1S/C21H23O3PS/c1-2-26-20(23)15-16-13-14-19(22)21(16)25(24,17-9-5-3-6-10-17)18-11-7-4-8-12-18/h3-12,16,21H,2,13-15H2,1H3/t16-,21?/m1/s1. The number of carbonyl (C=O) groups excluding carboxylic acids is 2. The first-order valence-electron chi connectivity index (χ1n) is 8.96. The molecule has 1 aliphatic carbocycles. The van der Waals surface area contributed by atoms with Gasteiger partial charge in [-0.1, -0.05) is 79.3 Å². The Bertz CT molecular complexity index is 776. The summed E-state index contributed by atoms with van der Waals surface area (Å²) >= 11 is 1.28. The second-order valence-electron chi connectivity index (χ2n) is 6.55. The van der Waals surface area contributed by atoms with Crippen LogP contribution in [-0.4, -0.2) is 22.3 Å². The summed E-state index contributed by atoms with van der Waals surface area (Å²) in [4.78, 5) is 25.0. The third-order valence-corrected chi connectivity index (χ3v) is 9.34. The van der Waals surface area contributed by atoms with E-state index in [4.69, 9.17) is 0 Å². The molecule has 2 aromatic carbocycles. The van der Waals surface area contributed by atoms with Crippen LogP contribution in [0.5, 0.6) is 0 Å². The summed E-state index contributed by atoms with van der Waals surface area (Å²) in [5.41, 5.74) is -0.603. The summed E-state index contributed by atoms with van der Waals surface area (Å²) in [6.07, 6.45) is 1.37. The maximum Gasteiger partial charge on any atom is 0.189 e. The van der Waals surface area contributed by atoms with Crippen LogP contribution in [0.4, 0.5) is 0 Å². The molecule has 0 aromatic heterocycles. The Labute approximate surface area is 159 Å². The Morgan fingerprint density at radius 2 is 1.58 bits per heavy atom. The fourth-order valence-electron chi connectivity index (χ4n) is 3.81. The van der Waals surface area contributed by atoms with Gasteiger partial charge in [-0.3, -0.25) is 9.59 Å². The van der Waals surface area contributed by atoms with Gasteiger partial charge in [0.2, 0.25) is 0 Å². The van der Waals surface area contributed by atoms with Crippen molar-refractivity contribution < 1.29 is 14.2 Å². The predicted octanol–water partition coefficient (Wildman–Crippen LogP) is 4.02. The number of Topliss-reactive ketones (excluding diaryl/α,β-unsaturated/α-hetero) is 1. The summed E-state index contributed by atoms with van der Waals surface area (Å²) in [6.45, 7) is 1.94. The average molecular weight is 386 g/mol. The van der Waals surface area contributed by atoms with E-state index < -0.39 is 12.8 Å². The molecule has 3 nitrogen and oxygen atoms in total. The van der Waals surface area contributed by atoms with E-state index in [9.17, 15) is 14.2 Å². The van der Waals surface area contributed by atoms with E-state index in [0.717, 1.165) is 5.75 Å². The van der Waals surface area contributed by atoms with Crippen molar-refractivity contribution in [3.05, 3.63) is 60.7 Å². The quantitative estimate of drug-likeness (QED) is 0.704. The number of benzene rings is 2. The molecule has 2 aromatic rings. The Hall–Kier alpha value is -1.64. The van der Waals surface area contributed by atoms with E-state index in [1.807, 2.05) is 67.6 Å². The number of thioether (sulfide) groups is 1. The molecule has 0 bridgehead atoms. The number of hydrogen-bond acceptors (Lipinski definition) is 4. The van der Waals surface area contributed by atoms with E-state index >= 15 is 0 Å². The lowest BCUT2D eigenvalue weighted by molar-refractivity contribution is -0.117. The summed E-state index contributed by atoms with van der Waals surface area (Å²) in [7, 11) is -3.17. The first-order valence-corrected chi connectivity index (χ1v) is 11.7. The molecule has 0 radical (unpaired) electrons. The van der Waals surface area contributed by atoms with Crippen LogP contribution in [0.3, 0.4) is 0 Å². The Balaban J connectivity index is 2.07. The number of rotatable bonds is 6. The molecule has 0 aliphatic heterocycles. The lowest BCUT2D eigenvalue weighted by atomic mass is 10.0. The monoisotopic (exact) mass is 386 g/mol. The van der Waals surface area contributed by atoms with E-state index in [0.29, 0.717) is 29.9 Å². The molecule has 0 saturated heterocycles. The minimum Gasteiger partial charge on any atom is -0.313 e. The molecule has 0 spiro atoms. The summed E-state index contributed by atoms with van der Waals surface area (Å²) in [5, 5.41) is 1.49. The van der Waals surface area contributed by atoms with E-state index in [1.165, 1.54) is 11.8 Å². The maximum absolute atomic E-state index is 14.4. The Morgan fingerprint density at radius 1 is 1.04 bits per heavy atom. The van der Waals surface area contributed by atoms with Gasteiger partial charge < -0.3 is 4.57 Å². The van der Waals surface area contributed by atoms with E-state index in [1.54, 1.807) is 0 Å². The highest BCUT2D eigenvalue weighted by molar-refractivity contribution is 8.13. The van der Waals surface area contributed by atoms with Gasteiger partial charge in [0.25, 0.3) is 0 Å². The topological polar surface area (TPSA) is 51.2 Å². The second-order valence-corrected chi connectivity index (χ2v) is 10.8. The largest absolute Gasteiger partial charge is 0.313 e. The number of ketones is 1. The third-order valence-electron chi connectivity index (χ3n) is 4.94. The molecule has 2 atom stereocenters. The molecule has 136 valence electrons. The van der Waals surface area contributed by atoms with Crippen LogP contribution in [0, 0.1) is 5.92 Å². The highest BCUT2D eigenvalue weighted by Gasteiger charge is 2.49. The zero-order valence-electron chi connectivity index (χ0n) is 14.8. The van der Waals surface area contributed by atoms with Gasteiger partial charge in [-0.2, -0.15) is 0 Å². The lowest BCUT2D eigenvalue weighted by Gasteiger charge is -2.29. The fourth-order valence-corrected chi connectivity index (χ4v) is 8.02. The molecular formula is C21H23O3PS. The SMILES string of the molecule is CCSC(=O)C[C@H]1CCC(=O)C1P(=O)(c1ccccc1)c1ccccc1. The van der Waals surface area contributed by atoms with Crippen molar-refractivity contribution in [1.82, 2.24) is 0 Å². The molecular weight excluding hydrogens is 363 g/mol. The first kappa shape index (κ1) is 19.1. The number of carbonyl (C=O) groups is 2. The van der Waals surface area contributed by atoms with Crippen LogP contribution in [0.1, 0.15) is 26.2 Å². The van der Waals surface area contributed by atoms with Crippen molar-refractivity contribution >= 4 is 40.4 Å². The second kappa shape index (κ2) is 8.37. The molecule has 3 rings (SSSR count). The molecule has 1 fully saturated rings. The van der Waals surface area contributed by atoms with Crippen LogP contribution < -0.4 is 10.6 Å². The molecule has 5 heteroatoms. The Morgan fingerprint density at radius 3 is 2.08 bits per heavy atom. The molecule has 0 amide bonds. The van der Waals surface area contributed by atoms with Gasteiger partial charge in [-0.05, 0) is 18.1 Å². The molecule has 1 aliphatic rings. The summed E-state index contributed by atoms with van der Waals surface area (Å²) in [5.74, 6) is 0.597. The third kappa shape index (κ3) is 3.72. The number of hydrogen-bond donors (Lipinski definition) is 0. The minimum atomic E-state index is -3.17. The normalized spacial score (nSPS) is 20.3. The van der Waals surface area contributed by atoms with Crippen LogP contribution in [0.25, 0.3) is 0 Å². The minimum absolute atomic E-state index is 0.0281. The van der Waals surface area contributed by atoms with E-state index in [-0.39, 0.29) is 16.8 Å². The van der Waals surface area contributed by atoms with Crippen molar-refractivity contribution in [2.24, 2.45) is 5.92 Å². The van der Waals surface area contributed by atoms with Crippen molar-refractivity contribution in [2.75, 3.05) is 5.75 Å². The van der Waals surface area contributed by atoms with Gasteiger partial charge in [-0.15, -0.1) is 0 Å². The van der Waals surface area contributed by atoms with E-state index in [2.05, 4.69) is 0 Å². The van der Waals surface area contributed by atoms with Crippen molar-refractivity contribution in [3.8, 4) is 0 Å². The zero-order chi connectivity index (χ0) is 18.6. The van der Waals surface area contributed by atoms with Gasteiger partial charge in [0, 0.05) is 23.5 Å². The van der Waals surface area contributed by atoms with Gasteiger partial charge in [0.15, 0.2) is 12.3 Å². The molecule has 1 unspecified atom stereocenters. The molecule has 0 N–H and O–H groups in total. The predicted molar refractivity (Wildman–Crippen MR) is 109 cm³/mol. The van der Waals surface area contributed by atoms with Crippen molar-refractivity contribution in [2.45, 2.75) is 31.8 Å². The van der Waals surface area contributed by atoms with Crippen molar-refractivity contribution in [1.29, 1.82) is 0 Å². The Kier molecular flexibility index (Phi) is 6.16. The van der Waals surface area contributed by atoms with Crippen molar-refractivity contribution in [3.63, 3.8) is 0 Å².